The standard InChI is InChI=1S/C14H21NO4/c1-4-19-13(17)11-9-10(14(11,2)3)12(16)15-5-7-18-8-6-15/h4,10-11H,1,5-9H2,2-3H3/t10-,11-/m1/s1. The van der Waals surface area contributed by atoms with E-state index in [1.54, 1.807) is 0 Å². The highest BCUT2D eigenvalue weighted by Gasteiger charge is 2.56. The topological polar surface area (TPSA) is 55.8 Å². The van der Waals surface area contributed by atoms with Crippen molar-refractivity contribution in [2.24, 2.45) is 17.3 Å². The molecule has 2 fully saturated rings. The molecule has 1 saturated heterocycles. The SMILES string of the molecule is C=COC(=O)[C@H]1C[C@H](C(=O)N2CCOCC2)C1(C)C. The Hall–Kier alpha value is -1.36. The molecule has 0 radical (unpaired) electrons. The molecule has 1 amide bonds. The van der Waals surface area contributed by atoms with Crippen molar-refractivity contribution in [1.82, 2.24) is 4.90 Å². The van der Waals surface area contributed by atoms with Crippen LogP contribution in [0.4, 0.5) is 0 Å². The van der Waals surface area contributed by atoms with Crippen LogP contribution in [0, 0.1) is 17.3 Å². The predicted octanol–water partition coefficient (Wildman–Crippen LogP) is 1.19. The molecule has 0 spiro atoms. The zero-order valence-corrected chi connectivity index (χ0v) is 11.6. The fourth-order valence-electron chi connectivity index (χ4n) is 2.91. The van der Waals surface area contributed by atoms with E-state index in [-0.39, 0.29) is 29.1 Å². The van der Waals surface area contributed by atoms with Crippen LogP contribution in [-0.2, 0) is 19.1 Å². The number of rotatable bonds is 3. The number of ether oxygens (including phenoxy) is 2. The third-order valence-electron chi connectivity index (χ3n) is 4.37. The molecule has 1 aliphatic heterocycles. The number of carbonyl (C=O) groups is 2. The highest BCUT2D eigenvalue weighted by molar-refractivity contribution is 5.85. The van der Waals surface area contributed by atoms with Gasteiger partial charge in [0.05, 0.1) is 25.4 Å². The summed E-state index contributed by atoms with van der Waals surface area (Å²) < 4.78 is 10.1. The Balaban J connectivity index is 1.98. The Morgan fingerprint density at radius 1 is 1.32 bits per heavy atom. The Labute approximate surface area is 113 Å². The normalized spacial score (nSPS) is 29.3. The van der Waals surface area contributed by atoms with Gasteiger partial charge in [0.2, 0.25) is 5.91 Å². The minimum absolute atomic E-state index is 0.104. The summed E-state index contributed by atoms with van der Waals surface area (Å²) in [6.45, 7) is 9.78. The number of esters is 1. The summed E-state index contributed by atoms with van der Waals surface area (Å²) in [6, 6.07) is 0. The van der Waals surface area contributed by atoms with Crippen LogP contribution in [0.5, 0.6) is 0 Å². The Bertz CT molecular complexity index is 385. The van der Waals surface area contributed by atoms with Crippen LogP contribution >= 0.6 is 0 Å². The number of nitrogens with zero attached hydrogens (tertiary/aromatic N) is 1. The highest BCUT2D eigenvalue weighted by Crippen LogP contribution is 2.52. The second-order valence-corrected chi connectivity index (χ2v) is 5.70. The zero-order chi connectivity index (χ0) is 14.0. The van der Waals surface area contributed by atoms with E-state index in [1.165, 1.54) is 0 Å². The van der Waals surface area contributed by atoms with Crippen LogP contribution in [0.15, 0.2) is 12.8 Å². The van der Waals surface area contributed by atoms with E-state index >= 15 is 0 Å². The van der Waals surface area contributed by atoms with E-state index in [1.807, 2.05) is 18.7 Å². The molecule has 1 aliphatic carbocycles. The molecule has 19 heavy (non-hydrogen) atoms. The number of hydrogen-bond acceptors (Lipinski definition) is 4. The average molecular weight is 267 g/mol. The molecule has 5 nitrogen and oxygen atoms in total. The number of carbonyl (C=O) groups excluding carboxylic acids is 2. The maximum atomic E-state index is 12.4. The van der Waals surface area contributed by atoms with Gasteiger partial charge in [-0.15, -0.1) is 0 Å². The molecule has 0 aromatic heterocycles. The summed E-state index contributed by atoms with van der Waals surface area (Å²) in [5, 5.41) is 0. The van der Waals surface area contributed by atoms with Gasteiger partial charge >= 0.3 is 5.97 Å². The Kier molecular flexibility index (Phi) is 3.94. The largest absolute Gasteiger partial charge is 0.435 e. The minimum Gasteiger partial charge on any atom is -0.435 e. The minimum atomic E-state index is -0.352. The molecule has 0 aromatic carbocycles. The molecule has 2 rings (SSSR count). The molecule has 0 unspecified atom stereocenters. The van der Waals surface area contributed by atoms with Gasteiger partial charge in [0.25, 0.3) is 0 Å². The summed E-state index contributed by atoms with van der Waals surface area (Å²) in [7, 11) is 0. The van der Waals surface area contributed by atoms with Crippen molar-refractivity contribution in [3.8, 4) is 0 Å². The van der Waals surface area contributed by atoms with E-state index in [4.69, 9.17) is 9.47 Å². The molecule has 1 saturated carbocycles. The van der Waals surface area contributed by atoms with Gasteiger partial charge in [-0.3, -0.25) is 9.59 Å². The van der Waals surface area contributed by atoms with Crippen molar-refractivity contribution in [2.45, 2.75) is 20.3 Å². The van der Waals surface area contributed by atoms with Crippen molar-refractivity contribution < 1.29 is 19.1 Å². The van der Waals surface area contributed by atoms with Crippen LogP contribution in [0.2, 0.25) is 0 Å². The fourth-order valence-corrected chi connectivity index (χ4v) is 2.91. The number of amides is 1. The summed E-state index contributed by atoms with van der Waals surface area (Å²) >= 11 is 0. The molecular weight excluding hydrogens is 246 g/mol. The highest BCUT2D eigenvalue weighted by atomic mass is 16.5. The molecule has 5 heteroatoms. The summed E-state index contributed by atoms with van der Waals surface area (Å²) in [4.78, 5) is 26.0. The molecule has 0 bridgehead atoms. The van der Waals surface area contributed by atoms with Gasteiger partial charge in [0, 0.05) is 19.0 Å². The first-order valence-corrected chi connectivity index (χ1v) is 6.66. The fraction of sp³-hybridized carbons (Fsp3) is 0.714. The quantitative estimate of drug-likeness (QED) is 0.569. The maximum absolute atomic E-state index is 12.4. The lowest BCUT2D eigenvalue weighted by Crippen LogP contribution is -2.57. The molecule has 106 valence electrons. The van der Waals surface area contributed by atoms with E-state index < -0.39 is 0 Å². The van der Waals surface area contributed by atoms with Crippen molar-refractivity contribution in [1.29, 1.82) is 0 Å². The van der Waals surface area contributed by atoms with Gasteiger partial charge in [0.15, 0.2) is 0 Å². The molecule has 2 atom stereocenters. The molecular formula is C14H21NO4. The van der Waals surface area contributed by atoms with E-state index in [0.29, 0.717) is 32.7 Å². The van der Waals surface area contributed by atoms with Crippen molar-refractivity contribution in [3.05, 3.63) is 12.8 Å². The first kappa shape index (κ1) is 14.1. The zero-order valence-electron chi connectivity index (χ0n) is 11.6. The lowest BCUT2D eigenvalue weighted by molar-refractivity contribution is -0.170. The van der Waals surface area contributed by atoms with Gasteiger partial charge < -0.3 is 14.4 Å². The second kappa shape index (κ2) is 5.33. The van der Waals surface area contributed by atoms with Crippen LogP contribution in [0.25, 0.3) is 0 Å². The van der Waals surface area contributed by atoms with Gasteiger partial charge in [-0.1, -0.05) is 20.4 Å². The van der Waals surface area contributed by atoms with E-state index in [9.17, 15) is 9.59 Å². The van der Waals surface area contributed by atoms with Gasteiger partial charge in [-0.05, 0) is 11.8 Å². The second-order valence-electron chi connectivity index (χ2n) is 5.70. The molecule has 0 aromatic rings. The van der Waals surface area contributed by atoms with Crippen molar-refractivity contribution in [3.63, 3.8) is 0 Å². The van der Waals surface area contributed by atoms with Crippen molar-refractivity contribution in [2.75, 3.05) is 26.3 Å². The van der Waals surface area contributed by atoms with E-state index in [0.717, 1.165) is 6.26 Å². The van der Waals surface area contributed by atoms with Gasteiger partial charge in [-0.2, -0.15) is 0 Å². The smallest absolute Gasteiger partial charge is 0.314 e. The molecule has 2 aliphatic rings. The van der Waals surface area contributed by atoms with E-state index in [2.05, 4.69) is 6.58 Å². The Morgan fingerprint density at radius 2 is 1.95 bits per heavy atom. The predicted molar refractivity (Wildman–Crippen MR) is 69.1 cm³/mol. The summed E-state index contributed by atoms with van der Waals surface area (Å²) in [5.74, 6) is -0.476. The van der Waals surface area contributed by atoms with Gasteiger partial charge in [-0.25, -0.2) is 0 Å². The third kappa shape index (κ3) is 2.52. The first-order valence-electron chi connectivity index (χ1n) is 6.66. The summed E-state index contributed by atoms with van der Waals surface area (Å²) in [5.41, 5.74) is -0.352. The number of morpholine rings is 1. The monoisotopic (exact) mass is 267 g/mol. The Morgan fingerprint density at radius 3 is 2.47 bits per heavy atom. The maximum Gasteiger partial charge on any atom is 0.314 e. The van der Waals surface area contributed by atoms with Crippen LogP contribution in [0.1, 0.15) is 20.3 Å². The first-order chi connectivity index (χ1) is 8.98. The van der Waals surface area contributed by atoms with Crippen LogP contribution in [-0.4, -0.2) is 43.1 Å². The third-order valence-corrected chi connectivity index (χ3v) is 4.37. The molecule has 1 heterocycles. The molecule has 0 N–H and O–H groups in total. The van der Waals surface area contributed by atoms with Crippen molar-refractivity contribution >= 4 is 11.9 Å². The van der Waals surface area contributed by atoms with Crippen LogP contribution in [0.3, 0.4) is 0 Å². The average Bonchev–Trinajstić information content (AvgIpc) is 2.38. The van der Waals surface area contributed by atoms with Gasteiger partial charge in [0.1, 0.15) is 0 Å². The summed E-state index contributed by atoms with van der Waals surface area (Å²) in [6.07, 6.45) is 1.71. The number of hydrogen-bond donors (Lipinski definition) is 0. The lowest BCUT2D eigenvalue weighted by atomic mass is 9.54. The van der Waals surface area contributed by atoms with Crippen LogP contribution < -0.4 is 0 Å². The lowest BCUT2D eigenvalue weighted by Gasteiger charge is -2.50.